The second kappa shape index (κ2) is 6.10. The van der Waals surface area contributed by atoms with Gasteiger partial charge in [0.05, 0.1) is 11.7 Å². The maximum Gasteiger partial charge on any atom is 0.0797 e. The number of rotatable bonds is 5. The summed E-state index contributed by atoms with van der Waals surface area (Å²) in [4.78, 5) is 10.4. The van der Waals surface area contributed by atoms with Crippen molar-refractivity contribution in [3.8, 4) is 0 Å². The molecule has 1 atom stereocenters. The molecule has 0 bridgehead atoms. The lowest BCUT2D eigenvalue weighted by molar-refractivity contribution is 0.248. The molecule has 2 aromatic heterocycles. The highest BCUT2D eigenvalue weighted by atomic mass is 15.2. The summed E-state index contributed by atoms with van der Waals surface area (Å²) in [7, 11) is 0. The Hall–Kier alpha value is -2.13. The summed E-state index contributed by atoms with van der Waals surface area (Å²) in [6.45, 7) is 6.40. The quantitative estimate of drug-likeness (QED) is 0.765. The largest absolute Gasteiger partial charge is 0.361 e. The molecule has 0 amide bonds. The molecule has 21 heavy (non-hydrogen) atoms. The van der Waals surface area contributed by atoms with E-state index in [2.05, 4.69) is 71.3 Å². The number of pyridine rings is 1. The first-order chi connectivity index (χ1) is 10.3. The molecule has 0 radical (unpaired) electrons. The fourth-order valence-electron chi connectivity index (χ4n) is 2.99. The molecule has 1 aromatic carbocycles. The summed E-state index contributed by atoms with van der Waals surface area (Å²) in [5, 5.41) is 1.28. The van der Waals surface area contributed by atoms with Crippen LogP contribution in [-0.4, -0.2) is 28.0 Å². The third kappa shape index (κ3) is 2.57. The second-order valence-corrected chi connectivity index (χ2v) is 5.17. The highest BCUT2D eigenvalue weighted by Gasteiger charge is 2.23. The van der Waals surface area contributed by atoms with Crippen LogP contribution in [0.5, 0.6) is 0 Å². The highest BCUT2D eigenvalue weighted by molar-refractivity contribution is 5.84. The Morgan fingerprint density at radius 2 is 1.81 bits per heavy atom. The summed E-state index contributed by atoms with van der Waals surface area (Å²) in [6, 6.07) is 14.8. The number of nitrogens with one attached hydrogen (secondary N) is 1. The van der Waals surface area contributed by atoms with Crippen molar-refractivity contribution < 1.29 is 0 Å². The number of aromatic amines is 1. The molecule has 0 saturated heterocycles. The molecule has 3 nitrogen and oxygen atoms in total. The predicted molar refractivity (Wildman–Crippen MR) is 87.3 cm³/mol. The molecule has 0 fully saturated rings. The van der Waals surface area contributed by atoms with Crippen LogP contribution in [-0.2, 0) is 0 Å². The number of fused-ring (bicyclic) bond motifs is 1. The van der Waals surface area contributed by atoms with Crippen molar-refractivity contribution in [1.82, 2.24) is 14.9 Å². The molecule has 3 aromatic rings. The Balaban J connectivity index is 2.15. The van der Waals surface area contributed by atoms with Crippen LogP contribution in [0.15, 0.2) is 54.9 Å². The zero-order valence-electron chi connectivity index (χ0n) is 12.6. The zero-order chi connectivity index (χ0) is 14.7. The van der Waals surface area contributed by atoms with Gasteiger partial charge in [0.1, 0.15) is 0 Å². The second-order valence-electron chi connectivity index (χ2n) is 5.17. The summed E-state index contributed by atoms with van der Waals surface area (Å²) < 4.78 is 0. The Labute approximate surface area is 125 Å². The first-order valence-corrected chi connectivity index (χ1v) is 7.56. The summed E-state index contributed by atoms with van der Waals surface area (Å²) in [5.74, 6) is 0. The SMILES string of the molecule is CCN(CC)C(c1ccccn1)c1c[nH]c2ccccc12. The third-order valence-electron chi connectivity index (χ3n) is 4.06. The van der Waals surface area contributed by atoms with E-state index in [0.29, 0.717) is 0 Å². The topological polar surface area (TPSA) is 31.9 Å². The predicted octanol–water partition coefficient (Wildman–Crippen LogP) is 3.99. The van der Waals surface area contributed by atoms with E-state index in [9.17, 15) is 0 Å². The minimum Gasteiger partial charge on any atom is -0.361 e. The van der Waals surface area contributed by atoms with Gasteiger partial charge in [-0.25, -0.2) is 0 Å². The van der Waals surface area contributed by atoms with Gasteiger partial charge in [-0.05, 0) is 31.3 Å². The number of hydrogen-bond donors (Lipinski definition) is 1. The summed E-state index contributed by atoms with van der Waals surface area (Å²) >= 11 is 0. The average molecular weight is 279 g/mol. The van der Waals surface area contributed by atoms with Crippen LogP contribution in [0.1, 0.15) is 31.1 Å². The van der Waals surface area contributed by atoms with Crippen LogP contribution >= 0.6 is 0 Å². The van der Waals surface area contributed by atoms with Gasteiger partial charge in [-0.3, -0.25) is 9.88 Å². The van der Waals surface area contributed by atoms with Crippen LogP contribution in [0.3, 0.4) is 0 Å². The van der Waals surface area contributed by atoms with Gasteiger partial charge in [0.15, 0.2) is 0 Å². The molecular formula is C18H21N3. The number of benzene rings is 1. The first kappa shape index (κ1) is 13.8. The van der Waals surface area contributed by atoms with E-state index < -0.39 is 0 Å². The molecule has 0 aliphatic rings. The molecule has 3 heteroatoms. The van der Waals surface area contributed by atoms with Crippen LogP contribution in [0.2, 0.25) is 0 Å². The highest BCUT2D eigenvalue weighted by Crippen LogP contribution is 2.32. The standard InChI is InChI=1S/C18H21N3/c1-3-21(4-2)18(17-11-7-8-12-19-17)15-13-20-16-10-6-5-9-14(15)16/h5-13,18,20H,3-4H2,1-2H3. The maximum absolute atomic E-state index is 4.60. The molecule has 108 valence electrons. The van der Waals surface area contributed by atoms with Gasteiger partial charge in [-0.1, -0.05) is 38.1 Å². The lowest BCUT2D eigenvalue weighted by Gasteiger charge is -2.29. The van der Waals surface area contributed by atoms with E-state index in [4.69, 9.17) is 0 Å². The van der Waals surface area contributed by atoms with Gasteiger partial charge < -0.3 is 4.98 Å². The van der Waals surface area contributed by atoms with Crippen LogP contribution in [0, 0.1) is 0 Å². The van der Waals surface area contributed by atoms with Crippen molar-refractivity contribution in [2.24, 2.45) is 0 Å². The minimum absolute atomic E-state index is 0.192. The third-order valence-corrected chi connectivity index (χ3v) is 4.06. The first-order valence-electron chi connectivity index (χ1n) is 7.56. The molecule has 1 N–H and O–H groups in total. The van der Waals surface area contributed by atoms with Crippen molar-refractivity contribution >= 4 is 10.9 Å². The minimum atomic E-state index is 0.192. The van der Waals surface area contributed by atoms with Gasteiger partial charge in [-0.2, -0.15) is 0 Å². The molecule has 1 unspecified atom stereocenters. The molecule has 0 aliphatic carbocycles. The van der Waals surface area contributed by atoms with Gasteiger partial charge in [0.2, 0.25) is 0 Å². The van der Waals surface area contributed by atoms with Gasteiger partial charge in [-0.15, -0.1) is 0 Å². The Kier molecular flexibility index (Phi) is 4.02. The molecule has 0 saturated carbocycles. The summed E-state index contributed by atoms with van der Waals surface area (Å²) in [5.41, 5.74) is 3.58. The lowest BCUT2D eigenvalue weighted by atomic mass is 10.0. The fraction of sp³-hybridized carbons (Fsp3) is 0.278. The number of para-hydroxylation sites is 1. The van der Waals surface area contributed by atoms with Gasteiger partial charge in [0.25, 0.3) is 0 Å². The van der Waals surface area contributed by atoms with E-state index in [0.717, 1.165) is 18.8 Å². The Morgan fingerprint density at radius 1 is 1.05 bits per heavy atom. The van der Waals surface area contributed by atoms with E-state index in [1.165, 1.54) is 16.5 Å². The Bertz CT molecular complexity index is 699. The number of H-pyrrole nitrogens is 1. The molecule has 0 spiro atoms. The van der Waals surface area contributed by atoms with Crippen LogP contribution in [0.4, 0.5) is 0 Å². The number of aromatic nitrogens is 2. The monoisotopic (exact) mass is 279 g/mol. The van der Waals surface area contributed by atoms with Crippen molar-refractivity contribution in [2.45, 2.75) is 19.9 Å². The van der Waals surface area contributed by atoms with Crippen molar-refractivity contribution in [3.05, 3.63) is 66.1 Å². The van der Waals surface area contributed by atoms with Crippen molar-refractivity contribution in [1.29, 1.82) is 0 Å². The lowest BCUT2D eigenvalue weighted by Crippen LogP contribution is -2.29. The van der Waals surface area contributed by atoms with E-state index in [1.807, 2.05) is 12.3 Å². The molecule has 2 heterocycles. The molecule has 3 rings (SSSR count). The normalized spacial score (nSPS) is 12.9. The van der Waals surface area contributed by atoms with Gasteiger partial charge >= 0.3 is 0 Å². The fourth-order valence-corrected chi connectivity index (χ4v) is 2.99. The molecule has 0 aliphatic heterocycles. The smallest absolute Gasteiger partial charge is 0.0797 e. The van der Waals surface area contributed by atoms with Crippen molar-refractivity contribution in [3.63, 3.8) is 0 Å². The van der Waals surface area contributed by atoms with E-state index >= 15 is 0 Å². The number of nitrogens with zero attached hydrogens (tertiary/aromatic N) is 2. The molecular weight excluding hydrogens is 258 g/mol. The van der Waals surface area contributed by atoms with Gasteiger partial charge in [0, 0.05) is 28.9 Å². The van der Waals surface area contributed by atoms with Crippen LogP contribution in [0.25, 0.3) is 10.9 Å². The number of hydrogen-bond acceptors (Lipinski definition) is 2. The zero-order valence-corrected chi connectivity index (χ0v) is 12.6. The maximum atomic E-state index is 4.60. The summed E-state index contributed by atoms with van der Waals surface area (Å²) in [6.07, 6.45) is 4.00. The van der Waals surface area contributed by atoms with E-state index in [-0.39, 0.29) is 6.04 Å². The Morgan fingerprint density at radius 3 is 2.52 bits per heavy atom. The van der Waals surface area contributed by atoms with Crippen LogP contribution < -0.4 is 0 Å². The van der Waals surface area contributed by atoms with Crippen molar-refractivity contribution in [2.75, 3.05) is 13.1 Å². The van der Waals surface area contributed by atoms with E-state index in [1.54, 1.807) is 0 Å². The average Bonchev–Trinajstić information content (AvgIpc) is 2.97.